The van der Waals surface area contributed by atoms with E-state index in [9.17, 15) is 4.39 Å². The van der Waals surface area contributed by atoms with Gasteiger partial charge in [-0.15, -0.1) is 13.2 Å². The zero-order valence-electron chi connectivity index (χ0n) is 19.2. The summed E-state index contributed by atoms with van der Waals surface area (Å²) >= 11 is 8.33. The summed E-state index contributed by atoms with van der Waals surface area (Å²) in [7, 11) is 0. The van der Waals surface area contributed by atoms with Gasteiger partial charge in [0.1, 0.15) is 17.7 Å². The minimum Gasteiger partial charge on any atom is -0.338 e. The summed E-state index contributed by atoms with van der Waals surface area (Å²) in [5.74, 6) is 2.26. The fourth-order valence-corrected chi connectivity index (χ4v) is 4.43. The van der Waals surface area contributed by atoms with Crippen LogP contribution < -0.4 is 5.32 Å². The number of aromatic nitrogens is 3. The Kier molecular flexibility index (Phi) is 9.74. The molecular formula is C27H28ClFN4S. The Balaban J connectivity index is 0.00000103. The summed E-state index contributed by atoms with van der Waals surface area (Å²) in [6.07, 6.45) is 8.59. The minimum absolute atomic E-state index is 0.216. The van der Waals surface area contributed by atoms with Crippen molar-refractivity contribution in [3.8, 4) is 0 Å². The highest BCUT2D eigenvalue weighted by Gasteiger charge is 2.11. The van der Waals surface area contributed by atoms with Crippen LogP contribution in [0, 0.1) is 5.82 Å². The third kappa shape index (κ3) is 6.95. The second-order valence-electron chi connectivity index (χ2n) is 7.52. The minimum atomic E-state index is -0.216. The molecule has 0 spiro atoms. The van der Waals surface area contributed by atoms with Crippen molar-refractivity contribution >= 4 is 40.4 Å². The Morgan fingerprint density at radius 3 is 2.68 bits per heavy atom. The van der Waals surface area contributed by atoms with Gasteiger partial charge in [-0.05, 0) is 66.8 Å². The van der Waals surface area contributed by atoms with Crippen LogP contribution in [0.25, 0.3) is 5.52 Å². The van der Waals surface area contributed by atoms with E-state index in [1.165, 1.54) is 12.4 Å². The molecule has 2 aromatic heterocycles. The number of nitrogens with one attached hydrogen (secondary N) is 1. The maximum absolute atomic E-state index is 13.4. The van der Waals surface area contributed by atoms with Gasteiger partial charge in [-0.1, -0.05) is 42.0 Å². The van der Waals surface area contributed by atoms with Crippen LogP contribution in [0.1, 0.15) is 23.6 Å². The zero-order valence-corrected chi connectivity index (χ0v) is 20.7. The first-order chi connectivity index (χ1) is 16.5. The molecule has 0 radical (unpaired) electrons. The van der Waals surface area contributed by atoms with Crippen LogP contribution in [0.2, 0.25) is 5.02 Å². The van der Waals surface area contributed by atoms with Crippen molar-refractivity contribution in [1.82, 2.24) is 14.6 Å². The summed E-state index contributed by atoms with van der Waals surface area (Å²) in [6, 6.07) is 14.6. The van der Waals surface area contributed by atoms with Crippen LogP contribution in [0.15, 0.2) is 86.4 Å². The van der Waals surface area contributed by atoms with E-state index in [0.29, 0.717) is 5.02 Å². The number of aryl methyl sites for hydroxylation is 2. The van der Waals surface area contributed by atoms with Crippen molar-refractivity contribution in [2.75, 3.05) is 11.1 Å². The molecule has 0 amide bonds. The number of thioether (sulfide) groups is 1. The molecule has 0 bridgehead atoms. The van der Waals surface area contributed by atoms with E-state index in [4.69, 9.17) is 11.6 Å². The quantitative estimate of drug-likeness (QED) is 0.191. The van der Waals surface area contributed by atoms with Crippen LogP contribution in [0.3, 0.4) is 0 Å². The monoisotopic (exact) mass is 494 g/mol. The summed E-state index contributed by atoms with van der Waals surface area (Å²) in [6.45, 7) is 9.02. The topological polar surface area (TPSA) is 42.2 Å². The van der Waals surface area contributed by atoms with Crippen LogP contribution in [-0.4, -0.2) is 20.4 Å². The van der Waals surface area contributed by atoms with Gasteiger partial charge >= 0.3 is 0 Å². The summed E-state index contributed by atoms with van der Waals surface area (Å²) in [4.78, 5) is 4.45. The van der Waals surface area contributed by atoms with Crippen molar-refractivity contribution in [1.29, 1.82) is 0 Å². The van der Waals surface area contributed by atoms with E-state index in [-0.39, 0.29) is 5.82 Å². The fourth-order valence-electron chi connectivity index (χ4n) is 3.41. The molecule has 0 aliphatic rings. The third-order valence-electron chi connectivity index (χ3n) is 4.92. The number of hydrogen-bond donors (Lipinski definition) is 1. The van der Waals surface area contributed by atoms with Crippen molar-refractivity contribution in [2.24, 2.45) is 0 Å². The number of halogens is 2. The van der Waals surface area contributed by atoms with Gasteiger partial charge in [0, 0.05) is 28.4 Å². The average molecular weight is 495 g/mol. The lowest BCUT2D eigenvalue weighted by Crippen LogP contribution is -2.01. The molecule has 0 saturated carbocycles. The number of nitrogens with zero attached hydrogens (tertiary/aromatic N) is 3. The normalized spacial score (nSPS) is 10.4. The molecule has 0 aliphatic heterocycles. The summed E-state index contributed by atoms with van der Waals surface area (Å²) in [5.41, 5.74) is 4.94. The Morgan fingerprint density at radius 2 is 1.94 bits per heavy atom. The first kappa shape index (κ1) is 25.5. The molecule has 34 heavy (non-hydrogen) atoms. The molecule has 7 heteroatoms. The maximum Gasteiger partial charge on any atom is 0.158 e. The molecule has 1 N–H and O–H groups in total. The molecular weight excluding hydrogens is 467 g/mol. The van der Waals surface area contributed by atoms with Gasteiger partial charge in [-0.2, -0.15) is 16.9 Å². The predicted octanol–water partition coefficient (Wildman–Crippen LogP) is 7.66. The lowest BCUT2D eigenvalue weighted by Gasteiger charge is -2.11. The first-order valence-electron chi connectivity index (χ1n) is 10.9. The molecule has 176 valence electrons. The van der Waals surface area contributed by atoms with Crippen molar-refractivity contribution in [2.45, 2.75) is 25.5 Å². The second-order valence-corrected chi connectivity index (χ2v) is 8.95. The molecule has 2 aromatic carbocycles. The van der Waals surface area contributed by atoms with Gasteiger partial charge in [0.2, 0.25) is 0 Å². The molecule has 4 rings (SSSR count). The lowest BCUT2D eigenvalue weighted by atomic mass is 10.0. The largest absolute Gasteiger partial charge is 0.338 e. The van der Waals surface area contributed by atoms with Gasteiger partial charge in [-0.25, -0.2) is 13.9 Å². The van der Waals surface area contributed by atoms with Crippen LogP contribution >= 0.6 is 23.4 Å². The smallest absolute Gasteiger partial charge is 0.158 e. The van der Waals surface area contributed by atoms with Crippen LogP contribution in [-0.2, 0) is 18.6 Å². The van der Waals surface area contributed by atoms with E-state index < -0.39 is 0 Å². The van der Waals surface area contributed by atoms with Gasteiger partial charge in [-0.3, -0.25) is 0 Å². The molecule has 0 fully saturated rings. The highest BCUT2D eigenvalue weighted by atomic mass is 35.5. The second kappa shape index (κ2) is 13.0. The average Bonchev–Trinajstić information content (AvgIpc) is 3.23. The molecule has 0 unspecified atom stereocenters. The van der Waals surface area contributed by atoms with Gasteiger partial charge in [0.25, 0.3) is 0 Å². The van der Waals surface area contributed by atoms with Crippen molar-refractivity contribution in [3.63, 3.8) is 0 Å². The van der Waals surface area contributed by atoms with E-state index in [1.807, 2.05) is 48.0 Å². The van der Waals surface area contributed by atoms with Gasteiger partial charge < -0.3 is 5.32 Å². The number of rotatable bonds is 9. The maximum atomic E-state index is 13.4. The highest BCUT2D eigenvalue weighted by molar-refractivity contribution is 7.98. The fraction of sp³-hybridized carbons (Fsp3) is 0.185. The first-order valence-corrected chi connectivity index (χ1v) is 12.5. The molecule has 4 aromatic rings. The summed E-state index contributed by atoms with van der Waals surface area (Å²) in [5, 5.41) is 8.35. The number of hydrogen-bond acceptors (Lipinski definition) is 4. The molecule has 4 nitrogen and oxygen atoms in total. The SMILES string of the molecule is C=CC.C=CCSCc1ccn2ncnc(Nc3ccc(CCc4cccc(F)c4)c(Cl)c3)c12. The summed E-state index contributed by atoms with van der Waals surface area (Å²) < 4.78 is 15.2. The van der Waals surface area contributed by atoms with E-state index in [0.717, 1.165) is 58.1 Å². The van der Waals surface area contributed by atoms with Crippen LogP contribution in [0.5, 0.6) is 0 Å². The van der Waals surface area contributed by atoms with Gasteiger partial charge in [0.05, 0.1) is 0 Å². The third-order valence-corrected chi connectivity index (χ3v) is 6.26. The Labute approximate surface area is 209 Å². The van der Waals surface area contributed by atoms with Gasteiger partial charge in [0.15, 0.2) is 5.82 Å². The Morgan fingerprint density at radius 1 is 1.12 bits per heavy atom. The molecule has 0 aliphatic carbocycles. The zero-order chi connectivity index (χ0) is 24.3. The van der Waals surface area contributed by atoms with Crippen molar-refractivity contribution < 1.29 is 4.39 Å². The highest BCUT2D eigenvalue weighted by Crippen LogP contribution is 2.28. The Bertz CT molecular complexity index is 1250. The predicted molar refractivity (Wildman–Crippen MR) is 144 cm³/mol. The van der Waals surface area contributed by atoms with E-state index in [1.54, 1.807) is 30.0 Å². The standard InChI is InChI=1S/C24H22ClFN4S.C3H6/c1-2-12-31-15-19-10-11-30-23(19)24(27-16-28-30)29-21-9-8-18(22(25)14-21)7-6-17-4-3-5-20(26)13-17;1-3-2/h2-5,8-11,13-14,16H,1,6-7,12,15H2,(H,27,28,29);3H,1H2,2H3. The van der Waals surface area contributed by atoms with E-state index in [2.05, 4.69) is 34.6 Å². The Hall–Kier alpha value is -3.09. The molecule has 2 heterocycles. The lowest BCUT2D eigenvalue weighted by molar-refractivity contribution is 0.625. The molecule has 0 saturated heterocycles. The van der Waals surface area contributed by atoms with Crippen molar-refractivity contribution in [3.05, 3.63) is 114 Å². The number of fused-ring (bicyclic) bond motifs is 1. The number of benzene rings is 2. The molecule has 0 atom stereocenters. The number of allylic oxidation sites excluding steroid dienone is 1. The van der Waals surface area contributed by atoms with E-state index >= 15 is 0 Å². The number of anilines is 2. The van der Waals surface area contributed by atoms with Crippen LogP contribution in [0.4, 0.5) is 15.9 Å².